The summed E-state index contributed by atoms with van der Waals surface area (Å²) < 4.78 is 2.59. The highest BCUT2D eigenvalue weighted by atomic mass is 79.9. The summed E-state index contributed by atoms with van der Waals surface area (Å²) in [7, 11) is 0. The third kappa shape index (κ3) is 3.84. The van der Waals surface area contributed by atoms with Crippen molar-refractivity contribution in [3.05, 3.63) is 86.0 Å². The van der Waals surface area contributed by atoms with Crippen molar-refractivity contribution in [1.82, 2.24) is 30.8 Å². The predicted octanol–water partition coefficient (Wildman–Crippen LogP) is 2.56. The molecule has 0 radical (unpaired) electrons. The molecule has 4 rings (SSSR count). The van der Waals surface area contributed by atoms with E-state index < -0.39 is 17.4 Å². The maximum atomic E-state index is 12.8. The van der Waals surface area contributed by atoms with E-state index in [0.29, 0.717) is 27.7 Å². The Morgan fingerprint density at radius 2 is 1.61 bits per heavy atom. The summed E-state index contributed by atoms with van der Waals surface area (Å²) in [5, 5.41) is 11.3. The van der Waals surface area contributed by atoms with Crippen molar-refractivity contribution in [2.45, 2.75) is 13.8 Å². The van der Waals surface area contributed by atoms with Crippen LogP contribution in [-0.4, -0.2) is 31.8 Å². The van der Waals surface area contributed by atoms with E-state index in [0.717, 1.165) is 10.2 Å². The molecule has 2 amide bonds. The van der Waals surface area contributed by atoms with Crippen molar-refractivity contribution in [1.29, 1.82) is 0 Å². The third-order valence-corrected chi connectivity index (χ3v) is 5.32. The molecule has 31 heavy (non-hydrogen) atoms. The molecule has 0 saturated heterocycles. The number of aryl methyl sites for hydroxylation is 1. The minimum atomic E-state index is -0.656. The van der Waals surface area contributed by atoms with Gasteiger partial charge in [0.1, 0.15) is 0 Å². The average Bonchev–Trinajstić information content (AvgIpc) is 3.07. The summed E-state index contributed by atoms with van der Waals surface area (Å²) in [5.74, 6) is -1.17. The Kier molecular flexibility index (Phi) is 5.38. The zero-order chi connectivity index (χ0) is 22.1. The SMILES string of the molecule is Cc1nn(-c2ccc(Br)cc2)c(C)c1C(=O)NNC(=O)c1n[nH]c(=O)c2ccccc12. The quantitative estimate of drug-likeness (QED) is 0.389. The zero-order valence-corrected chi connectivity index (χ0v) is 18.1. The van der Waals surface area contributed by atoms with E-state index in [9.17, 15) is 14.4 Å². The van der Waals surface area contributed by atoms with Crippen molar-refractivity contribution in [2.75, 3.05) is 0 Å². The van der Waals surface area contributed by atoms with Gasteiger partial charge in [0.2, 0.25) is 0 Å². The number of halogens is 1. The molecule has 156 valence electrons. The lowest BCUT2D eigenvalue weighted by Gasteiger charge is -2.09. The molecule has 0 atom stereocenters. The van der Waals surface area contributed by atoms with E-state index in [2.05, 4.69) is 42.1 Å². The number of carbonyl (C=O) groups excluding carboxylic acids is 2. The average molecular weight is 481 g/mol. The number of benzene rings is 2. The highest BCUT2D eigenvalue weighted by molar-refractivity contribution is 9.10. The van der Waals surface area contributed by atoms with Gasteiger partial charge in [-0.2, -0.15) is 10.2 Å². The summed E-state index contributed by atoms with van der Waals surface area (Å²) in [6.07, 6.45) is 0. The number of amides is 2. The number of fused-ring (bicyclic) bond motifs is 1. The molecule has 0 aliphatic carbocycles. The second-order valence-electron chi connectivity index (χ2n) is 6.79. The second kappa shape index (κ2) is 8.15. The highest BCUT2D eigenvalue weighted by Crippen LogP contribution is 2.20. The lowest BCUT2D eigenvalue weighted by atomic mass is 10.1. The first kappa shape index (κ1) is 20.5. The number of hydrogen-bond acceptors (Lipinski definition) is 5. The molecule has 2 heterocycles. The number of hydrogen-bond donors (Lipinski definition) is 3. The van der Waals surface area contributed by atoms with Crippen LogP contribution in [0.25, 0.3) is 16.5 Å². The molecule has 4 aromatic rings. The Labute approximate surface area is 184 Å². The lowest BCUT2D eigenvalue weighted by molar-refractivity contribution is 0.0843. The van der Waals surface area contributed by atoms with Crippen LogP contribution in [0.2, 0.25) is 0 Å². The smallest absolute Gasteiger partial charge is 0.267 e. The first-order valence-electron chi connectivity index (χ1n) is 9.27. The normalized spacial score (nSPS) is 10.8. The highest BCUT2D eigenvalue weighted by Gasteiger charge is 2.21. The molecular weight excluding hydrogens is 464 g/mol. The van der Waals surface area contributed by atoms with Crippen LogP contribution >= 0.6 is 15.9 Å². The van der Waals surface area contributed by atoms with Crippen LogP contribution in [-0.2, 0) is 0 Å². The van der Waals surface area contributed by atoms with Crippen molar-refractivity contribution in [3.63, 3.8) is 0 Å². The van der Waals surface area contributed by atoms with Gasteiger partial charge in [0.25, 0.3) is 17.4 Å². The van der Waals surface area contributed by atoms with Crippen LogP contribution in [0.5, 0.6) is 0 Å². The molecule has 0 spiro atoms. The molecule has 0 aliphatic rings. The van der Waals surface area contributed by atoms with Gasteiger partial charge in [0, 0.05) is 9.86 Å². The molecule has 9 nitrogen and oxygen atoms in total. The van der Waals surface area contributed by atoms with Crippen molar-refractivity contribution in [2.24, 2.45) is 0 Å². The summed E-state index contributed by atoms with van der Waals surface area (Å²) in [4.78, 5) is 37.3. The predicted molar refractivity (Wildman–Crippen MR) is 118 cm³/mol. The van der Waals surface area contributed by atoms with E-state index in [1.54, 1.807) is 42.8 Å². The maximum Gasteiger partial charge on any atom is 0.290 e. The van der Waals surface area contributed by atoms with Crippen LogP contribution in [0, 0.1) is 13.8 Å². The number of aromatic amines is 1. The van der Waals surface area contributed by atoms with Gasteiger partial charge in [-0.15, -0.1) is 0 Å². The molecule has 0 unspecified atom stereocenters. The lowest BCUT2D eigenvalue weighted by Crippen LogP contribution is -2.42. The number of nitrogens with zero attached hydrogens (tertiary/aromatic N) is 3. The monoisotopic (exact) mass is 480 g/mol. The largest absolute Gasteiger partial charge is 0.290 e. The Balaban J connectivity index is 1.56. The van der Waals surface area contributed by atoms with Gasteiger partial charge in [-0.05, 0) is 44.2 Å². The minimum Gasteiger partial charge on any atom is -0.267 e. The number of carbonyl (C=O) groups is 2. The standard InChI is InChI=1S/C21H17BrN6O3/c1-11-17(12(2)28(27-11)14-9-7-13(22)8-10-14)20(30)25-26-21(31)18-15-5-3-4-6-16(15)19(29)24-23-18/h3-10H,1-2H3,(H,24,29)(H,25,30)(H,26,31). The van der Waals surface area contributed by atoms with E-state index in [1.807, 2.05) is 24.3 Å². The third-order valence-electron chi connectivity index (χ3n) is 4.79. The molecule has 2 aromatic carbocycles. The molecular formula is C21H17BrN6O3. The summed E-state index contributed by atoms with van der Waals surface area (Å²) in [6.45, 7) is 3.49. The summed E-state index contributed by atoms with van der Waals surface area (Å²) in [6, 6.07) is 14.1. The first-order valence-corrected chi connectivity index (χ1v) is 10.1. The molecule has 3 N–H and O–H groups in total. The first-order chi connectivity index (χ1) is 14.9. The minimum absolute atomic E-state index is 0.00509. The van der Waals surface area contributed by atoms with Crippen molar-refractivity contribution >= 4 is 38.5 Å². The molecule has 0 saturated carbocycles. The molecule has 0 aliphatic heterocycles. The molecule has 0 bridgehead atoms. The summed E-state index contributed by atoms with van der Waals surface area (Å²) >= 11 is 3.39. The van der Waals surface area contributed by atoms with Crippen LogP contribution < -0.4 is 16.4 Å². The van der Waals surface area contributed by atoms with E-state index in [-0.39, 0.29) is 5.69 Å². The van der Waals surface area contributed by atoms with E-state index in [1.165, 1.54) is 0 Å². The Morgan fingerprint density at radius 1 is 0.968 bits per heavy atom. The Hall–Kier alpha value is -3.79. The second-order valence-corrected chi connectivity index (χ2v) is 7.70. The van der Waals surface area contributed by atoms with Crippen LogP contribution in [0.4, 0.5) is 0 Å². The van der Waals surface area contributed by atoms with Gasteiger partial charge in [-0.3, -0.25) is 25.2 Å². The van der Waals surface area contributed by atoms with Crippen molar-refractivity contribution < 1.29 is 9.59 Å². The number of H-pyrrole nitrogens is 1. The van der Waals surface area contributed by atoms with Gasteiger partial charge in [0.05, 0.1) is 28.0 Å². The molecule has 0 fully saturated rings. The van der Waals surface area contributed by atoms with Gasteiger partial charge in [0.15, 0.2) is 5.69 Å². The molecule has 10 heteroatoms. The fourth-order valence-electron chi connectivity index (χ4n) is 3.33. The van der Waals surface area contributed by atoms with Gasteiger partial charge >= 0.3 is 0 Å². The van der Waals surface area contributed by atoms with Crippen LogP contribution in [0.1, 0.15) is 32.2 Å². The van der Waals surface area contributed by atoms with E-state index in [4.69, 9.17) is 0 Å². The number of aromatic nitrogens is 4. The summed E-state index contributed by atoms with van der Waals surface area (Å²) in [5.41, 5.74) is 6.64. The van der Waals surface area contributed by atoms with Gasteiger partial charge < -0.3 is 0 Å². The van der Waals surface area contributed by atoms with Crippen molar-refractivity contribution in [3.8, 4) is 5.69 Å². The fourth-order valence-corrected chi connectivity index (χ4v) is 3.59. The Morgan fingerprint density at radius 3 is 2.32 bits per heavy atom. The van der Waals surface area contributed by atoms with Gasteiger partial charge in [-0.1, -0.05) is 34.1 Å². The van der Waals surface area contributed by atoms with Crippen LogP contribution in [0.15, 0.2) is 57.8 Å². The van der Waals surface area contributed by atoms with Crippen LogP contribution in [0.3, 0.4) is 0 Å². The van der Waals surface area contributed by atoms with E-state index >= 15 is 0 Å². The molecule has 2 aromatic heterocycles. The maximum absolute atomic E-state index is 12.8. The fraction of sp³-hybridized carbons (Fsp3) is 0.0952. The Bertz CT molecular complexity index is 1370. The van der Waals surface area contributed by atoms with Gasteiger partial charge in [-0.25, -0.2) is 9.78 Å². The number of rotatable bonds is 3. The number of hydrazine groups is 1. The number of nitrogens with one attached hydrogen (secondary N) is 3. The topological polar surface area (TPSA) is 122 Å². The zero-order valence-electron chi connectivity index (χ0n) is 16.6.